The summed E-state index contributed by atoms with van der Waals surface area (Å²) >= 11 is 0. The second-order valence-corrected chi connectivity index (χ2v) is 4.74. The second kappa shape index (κ2) is 4.97. The van der Waals surface area contributed by atoms with Crippen molar-refractivity contribution in [2.24, 2.45) is 0 Å². The molecule has 8 heteroatoms. The zero-order chi connectivity index (χ0) is 15.9. The van der Waals surface area contributed by atoms with Crippen LogP contribution in [0.15, 0.2) is 30.3 Å². The fraction of sp³-hybridized carbons (Fsp3) is 0.143. The Labute approximate surface area is 122 Å². The Morgan fingerprint density at radius 1 is 1.14 bits per heavy atom. The molecule has 0 bridgehead atoms. The third-order valence-electron chi connectivity index (χ3n) is 2.96. The molecule has 2 aromatic heterocycles. The number of fused-ring (bicyclic) bond motifs is 1. The molecule has 4 nitrogen and oxygen atoms in total. The molecule has 3 aromatic rings. The first-order chi connectivity index (χ1) is 10.3. The molecular weight excluding hydrogens is 300 g/mol. The first-order valence-corrected chi connectivity index (χ1v) is 6.30. The van der Waals surface area contributed by atoms with Gasteiger partial charge >= 0.3 is 6.18 Å². The summed E-state index contributed by atoms with van der Waals surface area (Å²) in [5, 5.41) is 3.10. The van der Waals surface area contributed by atoms with Crippen molar-refractivity contribution in [3.63, 3.8) is 0 Å². The molecular formula is C14H10F4N4. The van der Waals surface area contributed by atoms with E-state index in [1.54, 1.807) is 13.0 Å². The van der Waals surface area contributed by atoms with Crippen molar-refractivity contribution in [2.75, 3.05) is 5.32 Å². The molecule has 0 unspecified atom stereocenters. The van der Waals surface area contributed by atoms with E-state index in [2.05, 4.69) is 20.3 Å². The minimum absolute atomic E-state index is 0.0349. The number of aromatic amines is 1. The minimum Gasteiger partial charge on any atom is -0.343 e. The van der Waals surface area contributed by atoms with Crippen LogP contribution >= 0.6 is 0 Å². The normalized spacial score (nSPS) is 11.9. The summed E-state index contributed by atoms with van der Waals surface area (Å²) in [6.45, 7) is 1.70. The summed E-state index contributed by atoms with van der Waals surface area (Å²) in [6, 6.07) is 7.01. The van der Waals surface area contributed by atoms with Gasteiger partial charge in [0.05, 0.1) is 5.39 Å². The third kappa shape index (κ3) is 2.72. The first-order valence-electron chi connectivity index (χ1n) is 6.30. The average molecular weight is 310 g/mol. The van der Waals surface area contributed by atoms with Crippen LogP contribution in [0.1, 0.15) is 11.5 Å². The molecule has 3 rings (SSSR count). The van der Waals surface area contributed by atoms with Crippen LogP contribution in [0.5, 0.6) is 0 Å². The number of nitrogens with zero attached hydrogens (tertiary/aromatic N) is 2. The van der Waals surface area contributed by atoms with Gasteiger partial charge in [-0.05, 0) is 31.2 Å². The molecule has 1 aromatic carbocycles. The van der Waals surface area contributed by atoms with E-state index >= 15 is 0 Å². The van der Waals surface area contributed by atoms with Crippen molar-refractivity contribution in [2.45, 2.75) is 13.1 Å². The predicted molar refractivity (Wildman–Crippen MR) is 73.3 cm³/mol. The largest absolute Gasteiger partial charge is 0.451 e. The lowest BCUT2D eigenvalue weighted by Crippen LogP contribution is -2.12. The summed E-state index contributed by atoms with van der Waals surface area (Å²) in [7, 11) is 0. The molecule has 0 aliphatic rings. The van der Waals surface area contributed by atoms with Crippen molar-refractivity contribution in [3.05, 3.63) is 47.7 Å². The van der Waals surface area contributed by atoms with E-state index in [4.69, 9.17) is 0 Å². The Bertz CT molecular complexity index is 838. The summed E-state index contributed by atoms with van der Waals surface area (Å²) in [5.74, 6) is -1.80. The third-order valence-corrected chi connectivity index (χ3v) is 2.96. The van der Waals surface area contributed by atoms with Gasteiger partial charge in [-0.2, -0.15) is 13.2 Å². The van der Waals surface area contributed by atoms with Crippen molar-refractivity contribution in [1.29, 1.82) is 0 Å². The summed E-state index contributed by atoms with van der Waals surface area (Å²) < 4.78 is 51.8. The van der Waals surface area contributed by atoms with Gasteiger partial charge in [0, 0.05) is 11.4 Å². The molecule has 0 fully saturated rings. The Hall–Kier alpha value is -2.64. The number of nitrogens with one attached hydrogen (secondary N) is 2. The number of benzene rings is 1. The maximum Gasteiger partial charge on any atom is 0.451 e. The molecule has 114 valence electrons. The zero-order valence-electron chi connectivity index (χ0n) is 11.3. The van der Waals surface area contributed by atoms with Crippen LogP contribution in [0, 0.1) is 12.7 Å². The molecule has 2 N–H and O–H groups in total. The Balaban J connectivity index is 2.14. The van der Waals surface area contributed by atoms with Crippen molar-refractivity contribution < 1.29 is 17.6 Å². The average Bonchev–Trinajstić information content (AvgIpc) is 2.78. The molecule has 0 saturated carbocycles. The highest BCUT2D eigenvalue weighted by Gasteiger charge is 2.35. The minimum atomic E-state index is -4.68. The molecule has 0 spiro atoms. The van der Waals surface area contributed by atoms with Gasteiger partial charge in [0.1, 0.15) is 17.3 Å². The van der Waals surface area contributed by atoms with Gasteiger partial charge in [0.2, 0.25) is 5.82 Å². The molecule has 0 aliphatic heterocycles. The van der Waals surface area contributed by atoms with Gasteiger partial charge in [0.25, 0.3) is 0 Å². The van der Waals surface area contributed by atoms with Gasteiger partial charge < -0.3 is 10.3 Å². The number of halogens is 4. The van der Waals surface area contributed by atoms with Gasteiger partial charge in [-0.15, -0.1) is 0 Å². The summed E-state index contributed by atoms with van der Waals surface area (Å²) in [4.78, 5) is 9.75. The SMILES string of the molecule is Cc1cc2c(Nc3cccc(F)c3)nc(C(F)(F)F)nc2[nH]1. The number of H-pyrrole nitrogens is 1. The van der Waals surface area contributed by atoms with Gasteiger partial charge in [-0.25, -0.2) is 14.4 Å². The first kappa shape index (κ1) is 14.3. The molecule has 22 heavy (non-hydrogen) atoms. The Kier molecular flexibility index (Phi) is 3.23. The molecule has 0 radical (unpaired) electrons. The number of hydrogen-bond acceptors (Lipinski definition) is 3. The topological polar surface area (TPSA) is 53.6 Å². The van der Waals surface area contributed by atoms with E-state index in [1.165, 1.54) is 24.3 Å². The van der Waals surface area contributed by atoms with Crippen LogP contribution < -0.4 is 5.32 Å². The van der Waals surface area contributed by atoms with Gasteiger partial charge in [-0.1, -0.05) is 6.07 Å². The van der Waals surface area contributed by atoms with E-state index in [0.717, 1.165) is 0 Å². The Morgan fingerprint density at radius 3 is 2.59 bits per heavy atom. The van der Waals surface area contributed by atoms with Crippen LogP contribution in [-0.4, -0.2) is 15.0 Å². The lowest BCUT2D eigenvalue weighted by molar-refractivity contribution is -0.144. The summed E-state index contributed by atoms with van der Waals surface area (Å²) in [6.07, 6.45) is -4.68. The maximum atomic E-state index is 13.2. The monoisotopic (exact) mass is 310 g/mol. The van der Waals surface area contributed by atoms with E-state index in [9.17, 15) is 17.6 Å². The lowest BCUT2D eigenvalue weighted by Gasteiger charge is -2.10. The fourth-order valence-corrected chi connectivity index (χ4v) is 2.07. The second-order valence-electron chi connectivity index (χ2n) is 4.74. The van der Waals surface area contributed by atoms with Crippen LogP contribution in [0.2, 0.25) is 0 Å². The number of aryl methyl sites for hydroxylation is 1. The molecule has 2 heterocycles. The molecule has 0 saturated heterocycles. The van der Waals surface area contributed by atoms with Gasteiger partial charge in [0.15, 0.2) is 0 Å². The summed E-state index contributed by atoms with van der Waals surface area (Å²) in [5.41, 5.74) is 1.01. The molecule has 0 aliphatic carbocycles. The van der Waals surface area contributed by atoms with E-state index in [0.29, 0.717) is 16.8 Å². The van der Waals surface area contributed by atoms with E-state index in [1.807, 2.05) is 0 Å². The fourth-order valence-electron chi connectivity index (χ4n) is 2.07. The smallest absolute Gasteiger partial charge is 0.343 e. The predicted octanol–water partition coefficient (Wildman–Crippen LogP) is 4.17. The number of hydrogen-bond donors (Lipinski definition) is 2. The van der Waals surface area contributed by atoms with Crippen molar-refractivity contribution in [1.82, 2.24) is 15.0 Å². The van der Waals surface area contributed by atoms with Crippen molar-refractivity contribution >= 4 is 22.5 Å². The number of rotatable bonds is 2. The van der Waals surface area contributed by atoms with E-state index in [-0.39, 0.29) is 11.5 Å². The van der Waals surface area contributed by atoms with Crippen LogP contribution in [0.3, 0.4) is 0 Å². The van der Waals surface area contributed by atoms with E-state index < -0.39 is 17.8 Å². The zero-order valence-corrected chi connectivity index (χ0v) is 11.3. The highest BCUT2D eigenvalue weighted by molar-refractivity contribution is 5.89. The number of aromatic nitrogens is 3. The van der Waals surface area contributed by atoms with Gasteiger partial charge in [-0.3, -0.25) is 0 Å². The highest BCUT2D eigenvalue weighted by Crippen LogP contribution is 2.31. The number of alkyl halides is 3. The molecule has 0 atom stereocenters. The molecule has 0 amide bonds. The number of anilines is 2. The Morgan fingerprint density at radius 2 is 1.91 bits per heavy atom. The van der Waals surface area contributed by atoms with Crippen LogP contribution in [0.25, 0.3) is 11.0 Å². The van der Waals surface area contributed by atoms with Crippen molar-refractivity contribution in [3.8, 4) is 0 Å². The highest BCUT2D eigenvalue weighted by atomic mass is 19.4. The van der Waals surface area contributed by atoms with Crippen LogP contribution in [0.4, 0.5) is 29.1 Å². The quantitative estimate of drug-likeness (QED) is 0.699. The maximum absolute atomic E-state index is 13.2. The van der Waals surface area contributed by atoms with Crippen LogP contribution in [-0.2, 0) is 6.18 Å². The standard InChI is InChI=1S/C14H10F4N4/c1-7-5-10-11(19-7)21-13(14(16,17)18)22-12(10)20-9-4-2-3-8(15)6-9/h2-6H,1H3,(H2,19,20,21,22). The lowest BCUT2D eigenvalue weighted by atomic mass is 10.3.